The molecule has 2 N–H and O–H groups in total. The lowest BCUT2D eigenvalue weighted by atomic mass is 9.86. The molecule has 18 heavy (non-hydrogen) atoms. The number of benzene rings is 1. The Balaban J connectivity index is 2.69. The summed E-state index contributed by atoms with van der Waals surface area (Å²) in [6, 6.07) is 6.82. The standard InChI is InChI=1S/C16H24N2/c1-11-12(2)18(9-8-17)15-7-6-13(10-14(11)15)16(3,4)5/h6-7,10H,8-9,17H2,1-5H3. The molecule has 0 saturated heterocycles. The fourth-order valence-electron chi connectivity index (χ4n) is 2.53. The zero-order valence-electron chi connectivity index (χ0n) is 12.2. The highest BCUT2D eigenvalue weighted by atomic mass is 15.0. The summed E-state index contributed by atoms with van der Waals surface area (Å²) in [5.74, 6) is 0. The van der Waals surface area contributed by atoms with Crippen molar-refractivity contribution in [3.8, 4) is 0 Å². The highest BCUT2D eigenvalue weighted by Crippen LogP contribution is 2.30. The van der Waals surface area contributed by atoms with Crippen LogP contribution in [0.15, 0.2) is 18.2 Å². The first-order chi connectivity index (χ1) is 8.36. The van der Waals surface area contributed by atoms with Crippen LogP contribution >= 0.6 is 0 Å². The Bertz CT molecular complexity index is 571. The van der Waals surface area contributed by atoms with Crippen molar-refractivity contribution in [3.05, 3.63) is 35.0 Å². The van der Waals surface area contributed by atoms with Gasteiger partial charge in [0.05, 0.1) is 0 Å². The van der Waals surface area contributed by atoms with Gasteiger partial charge < -0.3 is 10.3 Å². The van der Waals surface area contributed by atoms with Crippen LogP contribution in [0.25, 0.3) is 10.9 Å². The second-order valence-corrected chi connectivity index (χ2v) is 6.13. The van der Waals surface area contributed by atoms with E-state index >= 15 is 0 Å². The third kappa shape index (κ3) is 2.05. The number of aromatic nitrogens is 1. The molecule has 1 aromatic carbocycles. The number of hydrogen-bond donors (Lipinski definition) is 1. The van der Waals surface area contributed by atoms with Gasteiger partial charge in [-0.3, -0.25) is 0 Å². The van der Waals surface area contributed by atoms with E-state index in [-0.39, 0.29) is 5.41 Å². The number of nitrogens with two attached hydrogens (primary N) is 1. The monoisotopic (exact) mass is 244 g/mol. The summed E-state index contributed by atoms with van der Waals surface area (Å²) < 4.78 is 2.33. The molecule has 1 heterocycles. The zero-order chi connectivity index (χ0) is 13.5. The van der Waals surface area contributed by atoms with E-state index in [0.717, 1.165) is 6.54 Å². The lowest BCUT2D eigenvalue weighted by molar-refractivity contribution is 0.591. The molecule has 0 spiro atoms. The Kier molecular flexibility index (Phi) is 3.24. The van der Waals surface area contributed by atoms with Gasteiger partial charge in [0.25, 0.3) is 0 Å². The summed E-state index contributed by atoms with van der Waals surface area (Å²) in [6.07, 6.45) is 0. The SMILES string of the molecule is Cc1c(C)n(CCN)c2ccc(C(C)(C)C)cc12. The minimum atomic E-state index is 0.199. The molecule has 2 heteroatoms. The van der Waals surface area contributed by atoms with Crippen molar-refractivity contribution in [2.45, 2.75) is 46.6 Å². The predicted octanol–water partition coefficient (Wildman–Crippen LogP) is 3.51. The average Bonchev–Trinajstić information content (AvgIpc) is 2.54. The maximum absolute atomic E-state index is 5.71. The van der Waals surface area contributed by atoms with Crippen LogP contribution in [0.1, 0.15) is 37.6 Å². The van der Waals surface area contributed by atoms with Gasteiger partial charge in [0, 0.05) is 29.7 Å². The van der Waals surface area contributed by atoms with Gasteiger partial charge in [-0.2, -0.15) is 0 Å². The van der Waals surface area contributed by atoms with Gasteiger partial charge in [-0.1, -0.05) is 26.8 Å². The predicted molar refractivity (Wildman–Crippen MR) is 79.2 cm³/mol. The lowest BCUT2D eigenvalue weighted by Gasteiger charge is -2.19. The van der Waals surface area contributed by atoms with E-state index in [4.69, 9.17) is 5.73 Å². The third-order valence-corrected chi connectivity index (χ3v) is 3.86. The highest BCUT2D eigenvalue weighted by molar-refractivity contribution is 5.86. The molecule has 0 aliphatic carbocycles. The van der Waals surface area contributed by atoms with E-state index < -0.39 is 0 Å². The summed E-state index contributed by atoms with van der Waals surface area (Å²) in [4.78, 5) is 0. The highest BCUT2D eigenvalue weighted by Gasteiger charge is 2.17. The van der Waals surface area contributed by atoms with Crippen LogP contribution in [-0.2, 0) is 12.0 Å². The summed E-state index contributed by atoms with van der Waals surface area (Å²) in [7, 11) is 0. The molecule has 98 valence electrons. The van der Waals surface area contributed by atoms with Crippen LogP contribution in [0.3, 0.4) is 0 Å². The Morgan fingerprint density at radius 3 is 2.39 bits per heavy atom. The molecular formula is C16H24N2. The molecule has 2 nitrogen and oxygen atoms in total. The van der Waals surface area contributed by atoms with Gasteiger partial charge >= 0.3 is 0 Å². The molecule has 0 fully saturated rings. The van der Waals surface area contributed by atoms with Crippen molar-refractivity contribution in [3.63, 3.8) is 0 Å². The lowest BCUT2D eigenvalue weighted by Crippen LogP contribution is -2.12. The van der Waals surface area contributed by atoms with Crippen LogP contribution in [0.5, 0.6) is 0 Å². The maximum Gasteiger partial charge on any atom is 0.0485 e. The van der Waals surface area contributed by atoms with Crippen LogP contribution in [-0.4, -0.2) is 11.1 Å². The van der Waals surface area contributed by atoms with Gasteiger partial charge in [0.1, 0.15) is 0 Å². The topological polar surface area (TPSA) is 30.9 Å². The van der Waals surface area contributed by atoms with Crippen molar-refractivity contribution < 1.29 is 0 Å². The molecule has 0 aliphatic heterocycles. The van der Waals surface area contributed by atoms with Crippen molar-refractivity contribution in [2.75, 3.05) is 6.54 Å². The van der Waals surface area contributed by atoms with Crippen molar-refractivity contribution >= 4 is 10.9 Å². The Morgan fingerprint density at radius 2 is 1.83 bits per heavy atom. The fourth-order valence-corrected chi connectivity index (χ4v) is 2.53. The van der Waals surface area contributed by atoms with Crippen LogP contribution in [0, 0.1) is 13.8 Å². The first kappa shape index (κ1) is 13.2. The van der Waals surface area contributed by atoms with E-state index in [2.05, 4.69) is 57.4 Å². The molecule has 1 aromatic heterocycles. The molecule has 2 aromatic rings. The van der Waals surface area contributed by atoms with Crippen LogP contribution < -0.4 is 5.73 Å². The number of nitrogens with zero attached hydrogens (tertiary/aromatic N) is 1. The molecule has 0 unspecified atom stereocenters. The van der Waals surface area contributed by atoms with Crippen molar-refractivity contribution in [1.29, 1.82) is 0 Å². The smallest absolute Gasteiger partial charge is 0.0485 e. The summed E-state index contributed by atoms with van der Waals surface area (Å²) in [6.45, 7) is 12.7. The van der Waals surface area contributed by atoms with E-state index in [1.807, 2.05) is 0 Å². The molecule has 0 saturated carbocycles. The quantitative estimate of drug-likeness (QED) is 0.861. The van der Waals surface area contributed by atoms with Gasteiger partial charge in [0.15, 0.2) is 0 Å². The number of hydrogen-bond acceptors (Lipinski definition) is 1. The fraction of sp³-hybridized carbons (Fsp3) is 0.500. The van der Waals surface area contributed by atoms with Crippen molar-refractivity contribution in [2.24, 2.45) is 5.73 Å². The Morgan fingerprint density at radius 1 is 1.17 bits per heavy atom. The third-order valence-electron chi connectivity index (χ3n) is 3.86. The molecule has 0 aliphatic rings. The van der Waals surface area contributed by atoms with Crippen LogP contribution in [0.2, 0.25) is 0 Å². The molecular weight excluding hydrogens is 220 g/mol. The Hall–Kier alpha value is -1.28. The molecule has 2 rings (SSSR count). The van der Waals surface area contributed by atoms with E-state index in [9.17, 15) is 0 Å². The summed E-state index contributed by atoms with van der Waals surface area (Å²) in [5, 5.41) is 1.37. The first-order valence-corrected chi connectivity index (χ1v) is 6.66. The minimum Gasteiger partial charge on any atom is -0.343 e. The molecule has 0 atom stereocenters. The van der Waals surface area contributed by atoms with Gasteiger partial charge in [-0.15, -0.1) is 0 Å². The number of fused-ring (bicyclic) bond motifs is 1. The van der Waals surface area contributed by atoms with Gasteiger partial charge in [-0.05, 0) is 42.5 Å². The van der Waals surface area contributed by atoms with E-state index in [1.165, 1.54) is 27.7 Å². The second-order valence-electron chi connectivity index (χ2n) is 6.13. The van der Waals surface area contributed by atoms with Gasteiger partial charge in [-0.25, -0.2) is 0 Å². The number of aryl methyl sites for hydroxylation is 1. The number of rotatable bonds is 2. The normalized spacial score (nSPS) is 12.3. The first-order valence-electron chi connectivity index (χ1n) is 6.66. The average molecular weight is 244 g/mol. The second kappa shape index (κ2) is 4.43. The van der Waals surface area contributed by atoms with Crippen LogP contribution in [0.4, 0.5) is 0 Å². The maximum atomic E-state index is 5.71. The summed E-state index contributed by atoms with van der Waals surface area (Å²) in [5.41, 5.74) is 11.3. The molecule has 0 amide bonds. The summed E-state index contributed by atoms with van der Waals surface area (Å²) >= 11 is 0. The molecule has 0 bridgehead atoms. The minimum absolute atomic E-state index is 0.199. The van der Waals surface area contributed by atoms with Crippen molar-refractivity contribution in [1.82, 2.24) is 4.57 Å². The van der Waals surface area contributed by atoms with E-state index in [0.29, 0.717) is 6.54 Å². The largest absolute Gasteiger partial charge is 0.343 e. The zero-order valence-corrected chi connectivity index (χ0v) is 12.2. The van der Waals surface area contributed by atoms with E-state index in [1.54, 1.807) is 0 Å². The Labute approximate surface area is 110 Å². The molecule has 0 radical (unpaired) electrons. The van der Waals surface area contributed by atoms with Gasteiger partial charge in [0.2, 0.25) is 0 Å².